The van der Waals surface area contributed by atoms with Gasteiger partial charge in [-0.1, -0.05) is 48.6 Å². The molecule has 20 heavy (non-hydrogen) atoms. The summed E-state index contributed by atoms with van der Waals surface area (Å²) in [5, 5.41) is 0. The quantitative estimate of drug-likeness (QED) is 0.492. The molecule has 1 aliphatic rings. The van der Waals surface area contributed by atoms with Gasteiger partial charge in [0, 0.05) is 22.1 Å². The molecule has 2 aromatic carbocycles. The topological polar surface area (TPSA) is 63.4 Å². The average Bonchev–Trinajstić information content (AvgIpc) is 2.69. The zero-order valence-corrected chi connectivity index (χ0v) is 13.5. The minimum atomic E-state index is -0.559. The Hall–Kier alpha value is -1.37. The fourth-order valence-corrected chi connectivity index (χ4v) is 3.36. The molecule has 104 valence electrons. The van der Waals surface area contributed by atoms with E-state index in [1.54, 1.807) is 0 Å². The predicted octanol–water partition coefficient (Wildman–Crippen LogP) is 2.23. The molecular weight excluding hydrogens is 367 g/mol. The number of nitrogen functional groups attached to an aromatic ring is 1. The molecular formula is C15H15IN2O2. The second-order valence-corrected chi connectivity index (χ2v) is 6.64. The van der Waals surface area contributed by atoms with Gasteiger partial charge in [-0.15, -0.1) is 0 Å². The largest absolute Gasteiger partial charge is 0.394 e. The second-order valence-electron chi connectivity index (χ2n) is 5.88. The molecule has 0 aliphatic carbocycles. The molecule has 0 amide bonds. The molecule has 0 fully saturated rings. The lowest BCUT2D eigenvalue weighted by Gasteiger charge is -2.24. The molecule has 5 heteroatoms. The zero-order valence-electron chi connectivity index (χ0n) is 11.4. The first-order chi connectivity index (χ1) is 9.36. The van der Waals surface area contributed by atoms with Gasteiger partial charge < -0.3 is 10.6 Å². The normalized spacial score (nSPS) is 16.6. The number of hydrogen-bond donors (Lipinski definition) is 1. The fourth-order valence-electron chi connectivity index (χ4n) is 2.89. The van der Waals surface area contributed by atoms with Crippen molar-refractivity contribution >= 4 is 39.7 Å². The summed E-state index contributed by atoms with van der Waals surface area (Å²) < 4.78 is 0.903. The highest BCUT2D eigenvalue weighted by molar-refractivity contribution is 14.1. The van der Waals surface area contributed by atoms with Crippen LogP contribution in [0.5, 0.6) is 0 Å². The number of nitrogens with two attached hydrogens (primary N) is 1. The van der Waals surface area contributed by atoms with Crippen LogP contribution < -0.4 is 21.5 Å². The first-order valence-electron chi connectivity index (χ1n) is 6.42. The molecule has 1 heterocycles. The lowest BCUT2D eigenvalue weighted by atomic mass is 9.87. The Labute approximate surface area is 130 Å². The summed E-state index contributed by atoms with van der Waals surface area (Å²) >= 11 is 2.31. The van der Waals surface area contributed by atoms with Crippen LogP contribution in [0.4, 0.5) is 17.1 Å². The molecule has 0 aromatic heterocycles. The Morgan fingerprint density at radius 3 is 2.60 bits per heavy atom. The fraction of sp³-hybridized carbons (Fsp3) is 0.333. The Kier molecular flexibility index (Phi) is 2.93. The summed E-state index contributed by atoms with van der Waals surface area (Å²) in [6.07, 6.45) is 0. The highest BCUT2D eigenvalue weighted by Gasteiger charge is 2.39. The van der Waals surface area contributed by atoms with E-state index in [0.29, 0.717) is 12.2 Å². The molecule has 0 radical (unpaired) electrons. The maximum absolute atomic E-state index is 11.8. The van der Waals surface area contributed by atoms with E-state index in [-0.39, 0.29) is 11.1 Å². The van der Waals surface area contributed by atoms with Crippen LogP contribution in [0.15, 0.2) is 27.8 Å². The monoisotopic (exact) mass is 382 g/mol. The molecule has 0 saturated heterocycles. The van der Waals surface area contributed by atoms with E-state index in [0.717, 1.165) is 10.1 Å². The molecule has 3 rings (SSSR count). The minimum Gasteiger partial charge on any atom is -0.394 e. The summed E-state index contributed by atoms with van der Waals surface area (Å²) in [6, 6.07) is 6.32. The molecule has 4 nitrogen and oxygen atoms in total. The number of rotatable bonds is 2. The van der Waals surface area contributed by atoms with E-state index in [1.807, 2.05) is 4.90 Å². The van der Waals surface area contributed by atoms with Crippen LogP contribution in [-0.2, 0) is 9.84 Å². The summed E-state index contributed by atoms with van der Waals surface area (Å²) in [6.45, 7) is 4.94. The van der Waals surface area contributed by atoms with Gasteiger partial charge >= 0.3 is 0 Å². The van der Waals surface area contributed by atoms with E-state index < -0.39 is 10.9 Å². The van der Waals surface area contributed by atoms with Gasteiger partial charge in [0.1, 0.15) is 11.4 Å². The van der Waals surface area contributed by atoms with Crippen molar-refractivity contribution in [1.82, 2.24) is 0 Å². The predicted molar refractivity (Wildman–Crippen MR) is 90.0 cm³/mol. The van der Waals surface area contributed by atoms with Crippen LogP contribution in [0, 0.1) is 0 Å². The van der Waals surface area contributed by atoms with Crippen molar-refractivity contribution in [1.29, 1.82) is 0 Å². The lowest BCUT2D eigenvalue weighted by molar-refractivity contribution is 0.568. The van der Waals surface area contributed by atoms with Gasteiger partial charge in [0.05, 0.1) is 0 Å². The molecule has 2 aromatic rings. The van der Waals surface area contributed by atoms with Gasteiger partial charge in [0.25, 0.3) is 10.9 Å². The van der Waals surface area contributed by atoms with Crippen molar-refractivity contribution in [3.8, 4) is 0 Å². The van der Waals surface area contributed by atoms with Crippen molar-refractivity contribution in [3.63, 3.8) is 0 Å². The maximum Gasteiger partial charge on any atom is 0.253 e. The molecule has 0 unspecified atom stereocenters. The zero-order chi connectivity index (χ0) is 14.7. The van der Waals surface area contributed by atoms with Gasteiger partial charge in [0.2, 0.25) is 0 Å². The van der Waals surface area contributed by atoms with E-state index in [1.165, 1.54) is 11.1 Å². The van der Waals surface area contributed by atoms with Crippen LogP contribution in [0.25, 0.3) is 0 Å². The number of nitrogens with zero attached hydrogens (tertiary/aromatic N) is 1. The molecule has 0 bridgehead atoms. The summed E-state index contributed by atoms with van der Waals surface area (Å²) in [5.74, 6) is 0. The maximum atomic E-state index is 11.8. The van der Waals surface area contributed by atoms with Gasteiger partial charge in [-0.25, -0.2) is 0 Å². The Bertz CT molecular complexity index is 773. The summed E-state index contributed by atoms with van der Waals surface area (Å²) in [4.78, 5) is 25.1. The first-order valence-corrected chi connectivity index (χ1v) is 7.95. The van der Waals surface area contributed by atoms with Crippen LogP contribution in [-0.4, -0.2) is 6.54 Å². The number of benzene rings is 1. The Morgan fingerprint density at radius 1 is 1.30 bits per heavy atom. The highest BCUT2D eigenvalue weighted by Crippen LogP contribution is 2.45. The Balaban J connectivity index is 2.19. The van der Waals surface area contributed by atoms with Crippen molar-refractivity contribution in [2.75, 3.05) is 17.2 Å². The third-order valence-corrected chi connectivity index (χ3v) is 4.86. The van der Waals surface area contributed by atoms with E-state index in [2.05, 4.69) is 54.6 Å². The SMILES string of the molecule is CC1(C)CN(c2c(N)c(=O)c2=O)c2cc(CI)ccc21. The average molecular weight is 382 g/mol. The van der Waals surface area contributed by atoms with Gasteiger partial charge in [-0.05, 0) is 17.2 Å². The molecule has 2 N–H and O–H groups in total. The Morgan fingerprint density at radius 2 is 2.00 bits per heavy atom. The van der Waals surface area contributed by atoms with Gasteiger partial charge in [0.15, 0.2) is 0 Å². The molecule has 0 spiro atoms. The number of alkyl halides is 1. The summed E-state index contributed by atoms with van der Waals surface area (Å²) in [7, 11) is 0. The third-order valence-electron chi connectivity index (χ3n) is 3.98. The highest BCUT2D eigenvalue weighted by atomic mass is 127. The van der Waals surface area contributed by atoms with E-state index in [9.17, 15) is 9.59 Å². The number of fused-ring (bicyclic) bond motifs is 1. The van der Waals surface area contributed by atoms with Crippen LogP contribution in [0.2, 0.25) is 0 Å². The standard InChI is InChI=1S/C15H15IN2O2/c1-15(2)7-18(12-11(17)13(19)14(12)20)10-5-8(6-16)3-4-9(10)15/h3-5H,6-7,17H2,1-2H3. The second kappa shape index (κ2) is 4.31. The smallest absolute Gasteiger partial charge is 0.253 e. The van der Waals surface area contributed by atoms with E-state index in [4.69, 9.17) is 5.73 Å². The summed E-state index contributed by atoms with van der Waals surface area (Å²) in [5.41, 5.74) is 8.49. The number of halogens is 1. The van der Waals surface area contributed by atoms with Gasteiger partial charge in [-0.3, -0.25) is 9.59 Å². The molecule has 0 saturated carbocycles. The number of hydrogen-bond acceptors (Lipinski definition) is 4. The first kappa shape index (κ1) is 13.6. The van der Waals surface area contributed by atoms with Crippen molar-refractivity contribution in [2.24, 2.45) is 0 Å². The van der Waals surface area contributed by atoms with E-state index >= 15 is 0 Å². The van der Waals surface area contributed by atoms with Crippen LogP contribution in [0.3, 0.4) is 0 Å². The van der Waals surface area contributed by atoms with Crippen LogP contribution in [0.1, 0.15) is 25.0 Å². The minimum absolute atomic E-state index is 0.0642. The lowest BCUT2D eigenvalue weighted by Crippen LogP contribution is -2.41. The van der Waals surface area contributed by atoms with Crippen LogP contribution >= 0.6 is 22.6 Å². The van der Waals surface area contributed by atoms with Crippen molar-refractivity contribution < 1.29 is 0 Å². The number of anilines is 3. The third kappa shape index (κ3) is 1.72. The van der Waals surface area contributed by atoms with Gasteiger partial charge in [-0.2, -0.15) is 0 Å². The molecule has 0 atom stereocenters. The van der Waals surface area contributed by atoms with Crippen molar-refractivity contribution in [3.05, 3.63) is 49.8 Å². The molecule has 1 aliphatic heterocycles. The van der Waals surface area contributed by atoms with Crippen molar-refractivity contribution in [2.45, 2.75) is 23.7 Å².